The number of rotatable bonds is 5. The minimum atomic E-state index is -0.647. The topological polar surface area (TPSA) is 81.4 Å². The molecule has 15 heavy (non-hydrogen) atoms. The summed E-state index contributed by atoms with van der Waals surface area (Å²) in [6.07, 6.45) is 1.56. The highest BCUT2D eigenvalue weighted by molar-refractivity contribution is 7.80. The number of nitrogens with one attached hydrogen (secondary N) is 1. The maximum absolute atomic E-state index is 11.6. The van der Waals surface area contributed by atoms with Crippen molar-refractivity contribution >= 4 is 29.1 Å². The molecule has 0 atom stereocenters. The Kier molecular flexibility index (Phi) is 3.62. The lowest BCUT2D eigenvalue weighted by molar-refractivity contribution is -0.140. The van der Waals surface area contributed by atoms with Crippen molar-refractivity contribution in [3.05, 3.63) is 0 Å². The molecule has 1 amide bonds. The van der Waals surface area contributed by atoms with Gasteiger partial charge in [0, 0.05) is 6.54 Å². The van der Waals surface area contributed by atoms with E-state index in [0.29, 0.717) is 12.8 Å². The second-order valence-corrected chi connectivity index (χ2v) is 3.97. The van der Waals surface area contributed by atoms with Crippen LogP contribution in [-0.4, -0.2) is 30.5 Å². The van der Waals surface area contributed by atoms with Crippen LogP contribution in [-0.2, 0) is 14.3 Å². The van der Waals surface area contributed by atoms with Crippen LogP contribution < -0.4 is 11.1 Å². The zero-order valence-corrected chi connectivity index (χ0v) is 9.36. The van der Waals surface area contributed by atoms with E-state index in [1.165, 1.54) is 7.11 Å². The van der Waals surface area contributed by atoms with Crippen LogP contribution in [0.1, 0.15) is 19.3 Å². The second-order valence-electron chi connectivity index (χ2n) is 3.53. The van der Waals surface area contributed by atoms with Crippen LogP contribution in [0.3, 0.4) is 0 Å². The monoisotopic (exact) mass is 230 g/mol. The summed E-state index contributed by atoms with van der Waals surface area (Å²) in [6, 6.07) is 0. The molecule has 5 nitrogen and oxygen atoms in total. The van der Waals surface area contributed by atoms with Gasteiger partial charge in [-0.15, -0.1) is 0 Å². The first kappa shape index (κ1) is 11.9. The third-order valence-electron chi connectivity index (χ3n) is 2.50. The highest BCUT2D eigenvalue weighted by atomic mass is 32.1. The van der Waals surface area contributed by atoms with Crippen LogP contribution in [0.2, 0.25) is 0 Å². The third-order valence-corrected chi connectivity index (χ3v) is 2.89. The number of ether oxygens (including phenoxy) is 1. The zero-order chi connectivity index (χ0) is 11.5. The Labute approximate surface area is 93.3 Å². The molecule has 0 unspecified atom stereocenters. The van der Waals surface area contributed by atoms with Gasteiger partial charge in [0.05, 0.1) is 23.9 Å². The van der Waals surface area contributed by atoms with Crippen LogP contribution in [0.4, 0.5) is 0 Å². The summed E-state index contributed by atoms with van der Waals surface area (Å²) in [5, 5.41) is 2.62. The summed E-state index contributed by atoms with van der Waals surface area (Å²) in [6.45, 7) is 0.260. The van der Waals surface area contributed by atoms with Crippen molar-refractivity contribution < 1.29 is 14.3 Å². The van der Waals surface area contributed by atoms with Crippen molar-refractivity contribution in [1.29, 1.82) is 0 Å². The lowest BCUT2D eigenvalue weighted by Gasteiger charge is -2.12. The number of thiocarbonyl (C=S) groups is 1. The van der Waals surface area contributed by atoms with E-state index in [2.05, 4.69) is 10.1 Å². The van der Waals surface area contributed by atoms with Crippen LogP contribution in [0.15, 0.2) is 0 Å². The molecule has 1 aliphatic carbocycles. The van der Waals surface area contributed by atoms with Crippen LogP contribution in [0.5, 0.6) is 0 Å². The molecule has 0 saturated heterocycles. The molecule has 0 heterocycles. The molecule has 3 N–H and O–H groups in total. The number of amides is 1. The fourth-order valence-electron chi connectivity index (χ4n) is 1.26. The Morgan fingerprint density at radius 1 is 1.53 bits per heavy atom. The van der Waals surface area contributed by atoms with Gasteiger partial charge < -0.3 is 15.8 Å². The van der Waals surface area contributed by atoms with Crippen molar-refractivity contribution in [1.82, 2.24) is 5.32 Å². The first-order chi connectivity index (χ1) is 7.03. The first-order valence-corrected chi connectivity index (χ1v) is 5.09. The number of hydrogen-bond donors (Lipinski definition) is 2. The van der Waals surface area contributed by atoms with E-state index in [0.717, 1.165) is 0 Å². The average Bonchev–Trinajstić information content (AvgIpc) is 2.97. The highest BCUT2D eigenvalue weighted by Gasteiger charge is 2.52. The molecule has 0 bridgehead atoms. The highest BCUT2D eigenvalue weighted by Crippen LogP contribution is 2.46. The number of hydrogen-bond acceptors (Lipinski definition) is 4. The van der Waals surface area contributed by atoms with E-state index >= 15 is 0 Å². The molecule has 0 aliphatic heterocycles. The molecule has 1 fully saturated rings. The van der Waals surface area contributed by atoms with E-state index in [9.17, 15) is 9.59 Å². The molecule has 0 radical (unpaired) electrons. The molecule has 0 aromatic carbocycles. The van der Waals surface area contributed by atoms with E-state index in [1.54, 1.807) is 0 Å². The summed E-state index contributed by atoms with van der Waals surface area (Å²) in [5.74, 6) is -0.533. The van der Waals surface area contributed by atoms with Gasteiger partial charge in [-0.1, -0.05) is 12.2 Å². The Morgan fingerprint density at radius 3 is 2.53 bits per heavy atom. The smallest absolute Gasteiger partial charge is 0.307 e. The Bertz CT molecular complexity index is 300. The lowest BCUT2D eigenvalue weighted by Crippen LogP contribution is -2.40. The van der Waals surface area contributed by atoms with Gasteiger partial charge >= 0.3 is 5.97 Å². The standard InChI is InChI=1S/C9H14N2O3S/c1-14-6(12)2-5-11-8(13)9(3-4-9)7(10)15/h2-5H2,1H3,(H2,10,15)(H,11,13). The third kappa shape index (κ3) is 2.65. The summed E-state index contributed by atoms with van der Waals surface area (Å²) in [7, 11) is 1.31. The zero-order valence-electron chi connectivity index (χ0n) is 8.54. The van der Waals surface area contributed by atoms with Gasteiger partial charge in [-0.25, -0.2) is 0 Å². The minimum absolute atomic E-state index is 0.162. The van der Waals surface area contributed by atoms with Crippen LogP contribution in [0.25, 0.3) is 0 Å². The predicted molar refractivity (Wildman–Crippen MR) is 58.1 cm³/mol. The summed E-state index contributed by atoms with van der Waals surface area (Å²) in [5.41, 5.74) is 4.82. The second kappa shape index (κ2) is 4.57. The summed E-state index contributed by atoms with van der Waals surface area (Å²) >= 11 is 4.82. The fraction of sp³-hybridized carbons (Fsp3) is 0.667. The fourth-order valence-corrected chi connectivity index (χ4v) is 1.56. The van der Waals surface area contributed by atoms with Gasteiger partial charge in [-0.3, -0.25) is 9.59 Å². The molecule has 6 heteroatoms. The summed E-state index contributed by atoms with van der Waals surface area (Å²) < 4.78 is 4.44. The maximum atomic E-state index is 11.6. The van der Waals surface area contributed by atoms with Crippen molar-refractivity contribution in [3.63, 3.8) is 0 Å². The number of methoxy groups -OCH3 is 1. The molecule has 0 aromatic heterocycles. The van der Waals surface area contributed by atoms with Gasteiger partial charge in [0.2, 0.25) is 5.91 Å². The van der Waals surface area contributed by atoms with Gasteiger partial charge in [0.15, 0.2) is 0 Å². The number of carbonyl (C=O) groups is 2. The van der Waals surface area contributed by atoms with E-state index in [1.807, 2.05) is 0 Å². The quantitative estimate of drug-likeness (QED) is 0.502. The summed E-state index contributed by atoms with van der Waals surface area (Å²) in [4.78, 5) is 22.6. The van der Waals surface area contributed by atoms with Crippen LogP contribution in [0, 0.1) is 5.41 Å². The maximum Gasteiger partial charge on any atom is 0.307 e. The average molecular weight is 230 g/mol. The molecule has 1 saturated carbocycles. The molecular formula is C9H14N2O3S. The minimum Gasteiger partial charge on any atom is -0.469 e. The van der Waals surface area contributed by atoms with Gasteiger partial charge in [-0.05, 0) is 12.8 Å². The Balaban J connectivity index is 2.31. The Hall–Kier alpha value is -1.17. The van der Waals surface area contributed by atoms with Crippen molar-refractivity contribution in [3.8, 4) is 0 Å². The van der Waals surface area contributed by atoms with Gasteiger partial charge in [0.1, 0.15) is 0 Å². The molecule has 0 spiro atoms. The Morgan fingerprint density at radius 2 is 2.13 bits per heavy atom. The van der Waals surface area contributed by atoms with Gasteiger partial charge in [0.25, 0.3) is 0 Å². The van der Waals surface area contributed by atoms with E-state index < -0.39 is 5.41 Å². The molecule has 1 rings (SSSR count). The molecule has 84 valence electrons. The molecular weight excluding hydrogens is 216 g/mol. The number of nitrogens with two attached hydrogens (primary N) is 1. The van der Waals surface area contributed by atoms with Crippen molar-refractivity contribution in [2.75, 3.05) is 13.7 Å². The van der Waals surface area contributed by atoms with Crippen LogP contribution >= 0.6 is 12.2 Å². The van der Waals surface area contributed by atoms with E-state index in [-0.39, 0.29) is 29.8 Å². The van der Waals surface area contributed by atoms with Gasteiger partial charge in [-0.2, -0.15) is 0 Å². The normalized spacial score (nSPS) is 16.6. The first-order valence-electron chi connectivity index (χ1n) is 4.68. The number of carbonyl (C=O) groups excluding carboxylic acids is 2. The largest absolute Gasteiger partial charge is 0.469 e. The molecule has 1 aliphatic rings. The van der Waals surface area contributed by atoms with E-state index in [4.69, 9.17) is 18.0 Å². The van der Waals surface area contributed by atoms with Crippen molar-refractivity contribution in [2.45, 2.75) is 19.3 Å². The molecule has 0 aromatic rings. The SMILES string of the molecule is COC(=O)CCNC(=O)C1(C(N)=S)CC1. The van der Waals surface area contributed by atoms with Crippen molar-refractivity contribution in [2.24, 2.45) is 11.1 Å². The lowest BCUT2D eigenvalue weighted by atomic mass is 10.1. The number of esters is 1. The predicted octanol–water partition coefficient (Wildman–Crippen LogP) is -0.268.